The third kappa shape index (κ3) is 1.68. The molecule has 1 aliphatic heterocycles. The molecule has 60 valence electrons. The fraction of sp³-hybridized carbons (Fsp3) is 1.00. The Morgan fingerprint density at radius 3 is 2.70 bits per heavy atom. The molecule has 1 fully saturated rings. The predicted octanol–water partition coefficient (Wildman–Crippen LogP) is 0.406. The van der Waals surface area contributed by atoms with Gasteiger partial charge in [0, 0.05) is 6.04 Å². The van der Waals surface area contributed by atoms with Crippen LogP contribution in [-0.2, 0) is 4.74 Å². The summed E-state index contributed by atoms with van der Waals surface area (Å²) in [5.41, 5.74) is 2.70. The van der Waals surface area contributed by atoms with E-state index in [4.69, 9.17) is 10.6 Å². The quantitative estimate of drug-likeness (QED) is 0.436. The Kier molecular flexibility index (Phi) is 2.65. The minimum Gasteiger partial charge on any atom is -0.374 e. The lowest BCUT2D eigenvalue weighted by molar-refractivity contribution is 0.0360. The molecular weight excluding hydrogens is 128 g/mol. The largest absolute Gasteiger partial charge is 0.374 e. The summed E-state index contributed by atoms with van der Waals surface area (Å²) in [6, 6.07) is 0.282. The van der Waals surface area contributed by atoms with Crippen LogP contribution in [-0.4, -0.2) is 18.2 Å². The molecule has 0 aromatic heterocycles. The first kappa shape index (κ1) is 7.98. The Hall–Kier alpha value is -0.120. The van der Waals surface area contributed by atoms with Gasteiger partial charge in [-0.2, -0.15) is 0 Å². The SMILES string of the molecule is CC1CCC(C(C)NN)O1. The molecule has 1 aliphatic rings. The maximum atomic E-state index is 5.57. The van der Waals surface area contributed by atoms with E-state index in [9.17, 15) is 0 Å². The van der Waals surface area contributed by atoms with Crippen LogP contribution in [0.3, 0.4) is 0 Å². The highest BCUT2D eigenvalue weighted by Gasteiger charge is 2.25. The Balaban J connectivity index is 2.29. The summed E-state index contributed by atoms with van der Waals surface area (Å²) in [5.74, 6) is 5.27. The molecule has 0 aromatic carbocycles. The average molecular weight is 144 g/mol. The molecule has 0 spiro atoms. The standard InChI is InChI=1S/C7H16N2O/c1-5-3-4-7(10-5)6(2)9-8/h5-7,9H,3-4,8H2,1-2H3. The molecule has 0 radical (unpaired) electrons. The van der Waals surface area contributed by atoms with E-state index in [2.05, 4.69) is 12.3 Å². The van der Waals surface area contributed by atoms with Gasteiger partial charge in [0.05, 0.1) is 12.2 Å². The van der Waals surface area contributed by atoms with Gasteiger partial charge in [-0.25, -0.2) is 0 Å². The van der Waals surface area contributed by atoms with Gasteiger partial charge in [-0.15, -0.1) is 0 Å². The second-order valence-corrected chi connectivity index (χ2v) is 3.02. The molecule has 3 nitrogen and oxygen atoms in total. The van der Waals surface area contributed by atoms with Crippen molar-refractivity contribution in [1.82, 2.24) is 5.43 Å². The van der Waals surface area contributed by atoms with E-state index < -0.39 is 0 Å². The predicted molar refractivity (Wildman–Crippen MR) is 40.4 cm³/mol. The second-order valence-electron chi connectivity index (χ2n) is 3.02. The zero-order chi connectivity index (χ0) is 7.56. The first-order valence-electron chi connectivity index (χ1n) is 3.85. The van der Waals surface area contributed by atoms with Gasteiger partial charge < -0.3 is 4.74 Å². The fourth-order valence-electron chi connectivity index (χ4n) is 1.31. The van der Waals surface area contributed by atoms with E-state index in [1.54, 1.807) is 0 Å². The normalized spacial score (nSPS) is 36.3. The molecule has 1 rings (SSSR count). The lowest BCUT2D eigenvalue weighted by atomic mass is 10.1. The molecule has 1 saturated heterocycles. The smallest absolute Gasteiger partial charge is 0.0743 e. The summed E-state index contributed by atoms with van der Waals surface area (Å²) in [7, 11) is 0. The Labute approximate surface area is 61.9 Å². The van der Waals surface area contributed by atoms with Gasteiger partial charge in [-0.05, 0) is 26.7 Å². The molecule has 3 unspecified atom stereocenters. The molecule has 3 heteroatoms. The van der Waals surface area contributed by atoms with Crippen LogP contribution in [0.2, 0.25) is 0 Å². The number of hydrogen-bond donors (Lipinski definition) is 2. The molecule has 1 heterocycles. The van der Waals surface area contributed by atoms with Gasteiger partial charge in [0.15, 0.2) is 0 Å². The van der Waals surface area contributed by atoms with Crippen molar-refractivity contribution in [1.29, 1.82) is 0 Å². The van der Waals surface area contributed by atoms with Gasteiger partial charge in [0.2, 0.25) is 0 Å². The summed E-state index contributed by atoms with van der Waals surface area (Å²) < 4.78 is 5.57. The molecule has 0 amide bonds. The van der Waals surface area contributed by atoms with E-state index in [1.165, 1.54) is 0 Å². The summed E-state index contributed by atoms with van der Waals surface area (Å²) in [6.45, 7) is 4.14. The van der Waals surface area contributed by atoms with Crippen molar-refractivity contribution >= 4 is 0 Å². The highest BCUT2D eigenvalue weighted by molar-refractivity contribution is 4.77. The number of ether oxygens (including phenoxy) is 1. The first-order valence-corrected chi connectivity index (χ1v) is 3.85. The molecule has 0 bridgehead atoms. The highest BCUT2D eigenvalue weighted by atomic mass is 16.5. The third-order valence-corrected chi connectivity index (χ3v) is 2.09. The van der Waals surface area contributed by atoms with E-state index in [-0.39, 0.29) is 6.04 Å². The Morgan fingerprint density at radius 2 is 2.30 bits per heavy atom. The number of hydrogen-bond acceptors (Lipinski definition) is 3. The Bertz CT molecular complexity index is 108. The van der Waals surface area contributed by atoms with Crippen molar-refractivity contribution < 1.29 is 4.74 Å². The molecular formula is C7H16N2O. The summed E-state index contributed by atoms with van der Waals surface area (Å²) in [4.78, 5) is 0. The fourth-order valence-corrected chi connectivity index (χ4v) is 1.31. The van der Waals surface area contributed by atoms with Gasteiger partial charge in [0.25, 0.3) is 0 Å². The van der Waals surface area contributed by atoms with Crippen LogP contribution in [0.1, 0.15) is 26.7 Å². The van der Waals surface area contributed by atoms with Crippen LogP contribution in [0.4, 0.5) is 0 Å². The maximum absolute atomic E-state index is 5.57. The molecule has 3 atom stereocenters. The molecule has 10 heavy (non-hydrogen) atoms. The first-order chi connectivity index (χ1) is 4.74. The van der Waals surface area contributed by atoms with Crippen LogP contribution >= 0.6 is 0 Å². The van der Waals surface area contributed by atoms with Crippen LogP contribution in [0.25, 0.3) is 0 Å². The second kappa shape index (κ2) is 3.32. The van der Waals surface area contributed by atoms with Gasteiger partial charge in [0.1, 0.15) is 0 Å². The Morgan fingerprint density at radius 1 is 1.60 bits per heavy atom. The van der Waals surface area contributed by atoms with E-state index in [0.29, 0.717) is 12.2 Å². The number of nitrogens with one attached hydrogen (secondary N) is 1. The van der Waals surface area contributed by atoms with Crippen LogP contribution < -0.4 is 11.3 Å². The number of hydrazine groups is 1. The van der Waals surface area contributed by atoms with Crippen molar-refractivity contribution in [2.75, 3.05) is 0 Å². The van der Waals surface area contributed by atoms with Crippen LogP contribution in [0.5, 0.6) is 0 Å². The van der Waals surface area contributed by atoms with Crippen molar-refractivity contribution in [3.05, 3.63) is 0 Å². The van der Waals surface area contributed by atoms with Crippen LogP contribution in [0.15, 0.2) is 0 Å². The zero-order valence-corrected chi connectivity index (χ0v) is 6.63. The third-order valence-electron chi connectivity index (χ3n) is 2.09. The zero-order valence-electron chi connectivity index (χ0n) is 6.63. The maximum Gasteiger partial charge on any atom is 0.0743 e. The number of nitrogens with two attached hydrogens (primary N) is 1. The average Bonchev–Trinajstić information content (AvgIpc) is 2.34. The summed E-state index contributed by atoms with van der Waals surface area (Å²) in [5, 5.41) is 0. The molecule has 0 saturated carbocycles. The molecule has 0 aliphatic carbocycles. The summed E-state index contributed by atoms with van der Waals surface area (Å²) >= 11 is 0. The van der Waals surface area contributed by atoms with Gasteiger partial charge in [-0.1, -0.05) is 0 Å². The van der Waals surface area contributed by atoms with Crippen molar-refractivity contribution in [2.24, 2.45) is 5.84 Å². The molecule has 0 aromatic rings. The highest BCUT2D eigenvalue weighted by Crippen LogP contribution is 2.20. The number of rotatable bonds is 2. The molecule has 3 N–H and O–H groups in total. The minimum atomic E-state index is 0.282. The van der Waals surface area contributed by atoms with Crippen molar-refractivity contribution in [3.63, 3.8) is 0 Å². The van der Waals surface area contributed by atoms with E-state index in [1.807, 2.05) is 6.92 Å². The van der Waals surface area contributed by atoms with Gasteiger partial charge in [-0.3, -0.25) is 11.3 Å². The van der Waals surface area contributed by atoms with Crippen molar-refractivity contribution in [2.45, 2.75) is 44.9 Å². The van der Waals surface area contributed by atoms with Crippen molar-refractivity contribution in [3.8, 4) is 0 Å². The van der Waals surface area contributed by atoms with E-state index >= 15 is 0 Å². The van der Waals surface area contributed by atoms with Crippen LogP contribution in [0, 0.1) is 0 Å². The van der Waals surface area contributed by atoms with E-state index in [0.717, 1.165) is 12.8 Å². The monoisotopic (exact) mass is 144 g/mol. The van der Waals surface area contributed by atoms with Gasteiger partial charge >= 0.3 is 0 Å². The summed E-state index contributed by atoms with van der Waals surface area (Å²) in [6.07, 6.45) is 3.03. The lowest BCUT2D eigenvalue weighted by Crippen LogP contribution is -2.41. The topological polar surface area (TPSA) is 47.3 Å². The minimum absolute atomic E-state index is 0.282. The lowest BCUT2D eigenvalue weighted by Gasteiger charge is -2.17.